The van der Waals surface area contributed by atoms with Crippen LogP contribution < -0.4 is 26.2 Å². The zero-order valence-corrected chi connectivity index (χ0v) is 33.6. The fraction of sp³-hybridized carbons (Fsp3) is 0.429. The number of rotatable bonds is 15. The van der Waals surface area contributed by atoms with Gasteiger partial charge in [-0.1, -0.05) is 42.5 Å². The van der Waals surface area contributed by atoms with Crippen LogP contribution in [0.5, 0.6) is 0 Å². The van der Waals surface area contributed by atoms with Gasteiger partial charge in [0.1, 0.15) is 24.2 Å². The third-order valence-corrected chi connectivity index (χ3v) is 10.4. The van der Waals surface area contributed by atoms with Gasteiger partial charge in [-0.15, -0.1) is 0 Å². The molecule has 6 atom stereocenters. The number of anilines is 3. The van der Waals surface area contributed by atoms with Crippen LogP contribution in [-0.2, 0) is 41.7 Å². The van der Waals surface area contributed by atoms with E-state index in [1.165, 1.54) is 23.6 Å². The van der Waals surface area contributed by atoms with E-state index in [-0.39, 0.29) is 11.8 Å². The molecule has 17 nitrogen and oxygen atoms in total. The molecule has 0 radical (unpaired) electrons. The highest BCUT2D eigenvalue weighted by Crippen LogP contribution is 2.25. The summed E-state index contributed by atoms with van der Waals surface area (Å²) in [6.45, 7) is 4.43. The maximum atomic E-state index is 13.4. The number of carbonyl (C=O) groups excluding carboxylic acids is 6. The molecule has 0 aliphatic carbocycles. The van der Waals surface area contributed by atoms with Crippen molar-refractivity contribution in [1.29, 1.82) is 0 Å². The molecule has 2 fully saturated rings. The number of methoxy groups -OCH3 is 2. The Morgan fingerprint density at radius 3 is 1.39 bits per heavy atom. The SMILES string of the molecule is COC(=O)NC(C(=O)N1CCC[C@H]1C(=O)Nc1ccc(CN(Cc2ccc(NC(=O)[C@@H]3CCCN3C(=O)[C@@H](NC(=O)OC)[C@@H](C)O)cc2)c2ccccc2)cc1)[C@@H](C)O. The van der Waals surface area contributed by atoms with Crippen molar-refractivity contribution >= 4 is 52.9 Å². The maximum absolute atomic E-state index is 13.4. The van der Waals surface area contributed by atoms with E-state index < -0.39 is 60.4 Å². The number of nitrogens with zero attached hydrogens (tertiary/aromatic N) is 3. The van der Waals surface area contributed by atoms with Crippen LogP contribution in [0, 0.1) is 0 Å². The van der Waals surface area contributed by atoms with Crippen molar-refractivity contribution in [2.24, 2.45) is 0 Å². The Morgan fingerprint density at radius 2 is 1.03 bits per heavy atom. The monoisotopic (exact) mass is 815 g/mol. The van der Waals surface area contributed by atoms with Crippen LogP contribution in [0.4, 0.5) is 26.7 Å². The Bertz CT molecular complexity index is 1810. The van der Waals surface area contributed by atoms with Crippen molar-refractivity contribution in [2.45, 2.75) is 89.0 Å². The van der Waals surface area contributed by atoms with Crippen molar-refractivity contribution in [1.82, 2.24) is 20.4 Å². The van der Waals surface area contributed by atoms with Crippen LogP contribution in [-0.4, -0.2) is 120 Å². The molecule has 0 saturated carbocycles. The summed E-state index contributed by atoms with van der Waals surface area (Å²) in [5.74, 6) is -1.88. The second kappa shape index (κ2) is 20.5. The minimum absolute atomic E-state index is 0.306. The van der Waals surface area contributed by atoms with Gasteiger partial charge in [-0.2, -0.15) is 0 Å². The van der Waals surface area contributed by atoms with Gasteiger partial charge < -0.3 is 55.7 Å². The summed E-state index contributed by atoms with van der Waals surface area (Å²) in [4.78, 5) is 81.8. The van der Waals surface area contributed by atoms with Gasteiger partial charge >= 0.3 is 12.2 Å². The van der Waals surface area contributed by atoms with E-state index in [4.69, 9.17) is 0 Å². The first kappa shape index (κ1) is 43.9. The summed E-state index contributed by atoms with van der Waals surface area (Å²) in [6.07, 6.45) is -2.08. The van der Waals surface area contributed by atoms with Crippen LogP contribution in [0.15, 0.2) is 78.9 Å². The van der Waals surface area contributed by atoms with Gasteiger partial charge in [-0.05, 0) is 87.1 Å². The van der Waals surface area contributed by atoms with Gasteiger partial charge in [0, 0.05) is 43.2 Å². The summed E-state index contributed by atoms with van der Waals surface area (Å²) in [5, 5.41) is 30.9. The first-order valence-corrected chi connectivity index (χ1v) is 19.5. The Balaban J connectivity index is 1.20. The molecule has 0 spiro atoms. The van der Waals surface area contributed by atoms with Crippen LogP contribution in [0.2, 0.25) is 0 Å². The quantitative estimate of drug-likeness (QED) is 0.131. The molecular weight excluding hydrogens is 763 g/mol. The number of hydrogen-bond acceptors (Lipinski definition) is 11. The molecular formula is C42H53N7O10. The number of ether oxygens (including phenoxy) is 2. The topological polar surface area (TPSA) is 219 Å². The predicted octanol–water partition coefficient (Wildman–Crippen LogP) is 2.96. The fourth-order valence-corrected chi connectivity index (χ4v) is 7.27. The van der Waals surface area contributed by atoms with E-state index in [1.807, 2.05) is 54.6 Å². The van der Waals surface area contributed by atoms with E-state index >= 15 is 0 Å². The van der Waals surface area contributed by atoms with Gasteiger partial charge in [-0.3, -0.25) is 19.2 Å². The summed E-state index contributed by atoms with van der Waals surface area (Å²) >= 11 is 0. The minimum Gasteiger partial charge on any atom is -0.453 e. The van der Waals surface area contributed by atoms with Crippen molar-refractivity contribution in [2.75, 3.05) is 42.8 Å². The smallest absolute Gasteiger partial charge is 0.407 e. The van der Waals surface area contributed by atoms with E-state index in [0.29, 0.717) is 63.2 Å². The lowest BCUT2D eigenvalue weighted by Crippen LogP contribution is -2.56. The molecule has 0 aromatic heterocycles. The number of nitrogens with one attached hydrogen (secondary N) is 4. The third-order valence-electron chi connectivity index (χ3n) is 10.4. The third kappa shape index (κ3) is 11.5. The van der Waals surface area contributed by atoms with Gasteiger partial charge in [0.25, 0.3) is 0 Å². The zero-order valence-electron chi connectivity index (χ0n) is 33.6. The largest absolute Gasteiger partial charge is 0.453 e. The Hall–Kier alpha value is -6.20. The Morgan fingerprint density at radius 1 is 0.644 bits per heavy atom. The molecule has 1 unspecified atom stereocenters. The van der Waals surface area contributed by atoms with Crippen molar-refractivity contribution in [3.8, 4) is 0 Å². The number of aliphatic hydroxyl groups is 2. The summed E-state index contributed by atoms with van der Waals surface area (Å²) in [7, 11) is 2.32. The highest BCUT2D eigenvalue weighted by Gasteiger charge is 2.41. The molecule has 2 heterocycles. The van der Waals surface area contributed by atoms with Gasteiger partial charge in [0.05, 0.1) is 26.4 Å². The highest BCUT2D eigenvalue weighted by atomic mass is 16.5. The number of amides is 6. The van der Waals surface area contributed by atoms with Crippen LogP contribution in [0.25, 0.3) is 0 Å². The average molecular weight is 816 g/mol. The second-order valence-electron chi connectivity index (χ2n) is 14.7. The molecule has 2 saturated heterocycles. The number of aliphatic hydroxyl groups excluding tert-OH is 2. The lowest BCUT2D eigenvalue weighted by atomic mass is 10.1. The van der Waals surface area contributed by atoms with E-state index in [9.17, 15) is 39.0 Å². The summed E-state index contributed by atoms with van der Waals surface area (Å²) in [6, 6.07) is 20.7. The van der Waals surface area contributed by atoms with Crippen molar-refractivity contribution < 1.29 is 48.5 Å². The molecule has 59 heavy (non-hydrogen) atoms. The summed E-state index contributed by atoms with van der Waals surface area (Å²) in [5.41, 5.74) is 4.02. The van der Waals surface area contributed by atoms with Gasteiger partial charge in [0.15, 0.2) is 0 Å². The number of alkyl carbamates (subject to hydrolysis) is 2. The van der Waals surface area contributed by atoms with Crippen LogP contribution >= 0.6 is 0 Å². The lowest BCUT2D eigenvalue weighted by Gasteiger charge is -2.29. The average Bonchev–Trinajstić information content (AvgIpc) is 3.94. The van der Waals surface area contributed by atoms with Crippen molar-refractivity contribution in [3.63, 3.8) is 0 Å². The molecule has 3 aromatic rings. The lowest BCUT2D eigenvalue weighted by molar-refractivity contribution is -0.140. The molecule has 2 aliphatic rings. The number of para-hydroxylation sites is 1. The first-order valence-electron chi connectivity index (χ1n) is 19.5. The number of likely N-dealkylation sites (tertiary alicyclic amines) is 2. The zero-order chi connectivity index (χ0) is 42.6. The van der Waals surface area contributed by atoms with Gasteiger partial charge in [0.2, 0.25) is 23.6 Å². The Kier molecular flexibility index (Phi) is 15.2. The van der Waals surface area contributed by atoms with Crippen molar-refractivity contribution in [3.05, 3.63) is 90.0 Å². The molecule has 2 aliphatic heterocycles. The molecule has 6 N–H and O–H groups in total. The Labute approximate surface area is 343 Å². The number of benzene rings is 3. The minimum atomic E-state index is -1.26. The molecule has 17 heteroatoms. The van der Waals surface area contributed by atoms with Crippen LogP contribution in [0.1, 0.15) is 50.7 Å². The fourth-order valence-electron chi connectivity index (χ4n) is 7.27. The van der Waals surface area contributed by atoms with E-state index in [2.05, 4.69) is 35.6 Å². The normalized spacial score (nSPS) is 18.1. The molecule has 0 bridgehead atoms. The van der Waals surface area contributed by atoms with E-state index in [0.717, 1.165) is 31.0 Å². The molecule has 6 amide bonds. The summed E-state index contributed by atoms with van der Waals surface area (Å²) < 4.78 is 9.18. The molecule has 316 valence electrons. The van der Waals surface area contributed by atoms with E-state index in [1.54, 1.807) is 24.3 Å². The number of hydrogen-bond donors (Lipinski definition) is 6. The standard InChI is InChI=1S/C42H53N7O10/c1-26(50)35(45-41(56)58-3)39(54)48-22-8-12-33(48)37(52)43-30-18-14-28(15-19-30)24-47(32-10-6-5-7-11-32)25-29-16-20-31(21-17-29)44-38(53)34-13-9-23-49(34)40(55)36(27(2)51)46-42(57)59-4/h5-7,10-11,14-21,26-27,33-36,50-51H,8-9,12-13,22-25H2,1-4H3,(H,43,52)(H,44,53)(H,45,56)(H,46,57)/t26-,27-,33+,34+,35+,36?/m1/s1. The second-order valence-corrected chi connectivity index (χ2v) is 14.7. The highest BCUT2D eigenvalue weighted by molar-refractivity contribution is 5.99. The molecule has 3 aromatic carbocycles. The first-order chi connectivity index (χ1) is 28.3. The maximum Gasteiger partial charge on any atom is 0.407 e. The van der Waals surface area contributed by atoms with Crippen LogP contribution in [0.3, 0.4) is 0 Å². The van der Waals surface area contributed by atoms with Gasteiger partial charge in [-0.25, -0.2) is 9.59 Å². The predicted molar refractivity (Wildman–Crippen MR) is 218 cm³/mol. The molecule has 5 rings (SSSR count). The number of carbonyl (C=O) groups is 6.